The number of nitrogens with one attached hydrogen (secondary N) is 2. The van der Waals surface area contributed by atoms with Crippen LogP contribution in [-0.2, 0) is 11.2 Å². The predicted octanol–water partition coefficient (Wildman–Crippen LogP) is 2.58. The second-order valence-corrected chi connectivity index (χ2v) is 6.07. The van der Waals surface area contributed by atoms with Gasteiger partial charge in [-0.25, -0.2) is 4.98 Å². The van der Waals surface area contributed by atoms with Gasteiger partial charge < -0.3 is 5.32 Å². The number of nitrogens with zero attached hydrogens (tertiary/aromatic N) is 3. The predicted molar refractivity (Wildman–Crippen MR) is 98.1 cm³/mol. The van der Waals surface area contributed by atoms with Crippen LogP contribution in [0.15, 0.2) is 60.9 Å². The Morgan fingerprint density at radius 2 is 1.84 bits per heavy atom. The van der Waals surface area contributed by atoms with E-state index in [1.807, 2.05) is 73.6 Å². The number of H-pyrrole nitrogens is 1. The maximum atomic E-state index is 12.7. The average Bonchev–Trinajstić information content (AvgIpc) is 3.15. The van der Waals surface area contributed by atoms with Crippen molar-refractivity contribution in [1.29, 1.82) is 0 Å². The third kappa shape index (κ3) is 4.30. The van der Waals surface area contributed by atoms with Crippen LogP contribution in [0.5, 0.6) is 0 Å². The number of aromatic amines is 1. The van der Waals surface area contributed by atoms with Gasteiger partial charge in [0.25, 0.3) is 0 Å². The first-order valence-electron chi connectivity index (χ1n) is 8.10. The standard InChI is InChI=1S/C19H21N5O/c1-24(2)17(12-14-6-4-3-5-7-14)19(25)22-16-10-8-15(9-11-16)18-20-13-21-23-18/h3-11,13,17H,12H2,1-2H3,(H,22,25)(H,20,21,23)/t17-/m1/s1. The quantitative estimate of drug-likeness (QED) is 0.726. The molecule has 0 unspecified atom stereocenters. The summed E-state index contributed by atoms with van der Waals surface area (Å²) < 4.78 is 0. The van der Waals surface area contributed by atoms with Crippen molar-refractivity contribution < 1.29 is 4.79 Å². The van der Waals surface area contributed by atoms with Crippen molar-refractivity contribution in [2.45, 2.75) is 12.5 Å². The van der Waals surface area contributed by atoms with Gasteiger partial charge in [0.05, 0.1) is 6.04 Å². The molecule has 6 heteroatoms. The number of benzene rings is 2. The molecular weight excluding hydrogens is 314 g/mol. The van der Waals surface area contributed by atoms with Crippen LogP contribution < -0.4 is 5.32 Å². The minimum absolute atomic E-state index is 0.0266. The fourth-order valence-corrected chi connectivity index (χ4v) is 2.63. The Morgan fingerprint density at radius 1 is 1.12 bits per heavy atom. The summed E-state index contributed by atoms with van der Waals surface area (Å²) in [4.78, 5) is 18.7. The molecular formula is C19H21N5O. The SMILES string of the molecule is CN(C)[C@H](Cc1ccccc1)C(=O)Nc1ccc(-c2ncn[nH]2)cc1. The Bertz CT molecular complexity index is 798. The number of rotatable bonds is 6. The van der Waals surface area contributed by atoms with E-state index in [4.69, 9.17) is 0 Å². The van der Waals surface area contributed by atoms with Crippen LogP contribution >= 0.6 is 0 Å². The Hall–Kier alpha value is -2.99. The summed E-state index contributed by atoms with van der Waals surface area (Å²) in [6, 6.07) is 17.3. The number of carbonyl (C=O) groups excluding carboxylic acids is 1. The first-order valence-corrected chi connectivity index (χ1v) is 8.10. The Morgan fingerprint density at radius 3 is 2.44 bits per heavy atom. The van der Waals surface area contributed by atoms with Gasteiger partial charge in [0.1, 0.15) is 6.33 Å². The third-order valence-electron chi connectivity index (χ3n) is 4.04. The second kappa shape index (κ2) is 7.72. The number of anilines is 1. The number of likely N-dealkylation sites (N-methyl/N-ethyl adjacent to an activating group) is 1. The number of aromatic nitrogens is 3. The minimum atomic E-state index is -0.239. The van der Waals surface area contributed by atoms with Gasteiger partial charge in [-0.3, -0.25) is 14.8 Å². The lowest BCUT2D eigenvalue weighted by molar-refractivity contribution is -0.120. The molecule has 128 valence electrons. The summed E-state index contributed by atoms with van der Waals surface area (Å²) in [5.41, 5.74) is 2.81. The van der Waals surface area contributed by atoms with Crippen molar-refractivity contribution in [2.24, 2.45) is 0 Å². The van der Waals surface area contributed by atoms with E-state index in [2.05, 4.69) is 20.5 Å². The molecule has 0 aliphatic heterocycles. The molecule has 0 bridgehead atoms. The van der Waals surface area contributed by atoms with Gasteiger partial charge in [-0.05, 0) is 50.3 Å². The van der Waals surface area contributed by atoms with Gasteiger partial charge in [0, 0.05) is 11.3 Å². The van der Waals surface area contributed by atoms with E-state index in [0.29, 0.717) is 12.2 Å². The normalized spacial score (nSPS) is 12.1. The van der Waals surface area contributed by atoms with E-state index in [0.717, 1.165) is 16.8 Å². The van der Waals surface area contributed by atoms with Crippen LogP contribution in [0.3, 0.4) is 0 Å². The Labute approximate surface area is 146 Å². The van der Waals surface area contributed by atoms with Crippen molar-refractivity contribution in [2.75, 3.05) is 19.4 Å². The number of hydrogen-bond acceptors (Lipinski definition) is 4. The summed E-state index contributed by atoms with van der Waals surface area (Å²) in [6.45, 7) is 0. The molecule has 25 heavy (non-hydrogen) atoms. The molecule has 0 saturated heterocycles. The van der Waals surface area contributed by atoms with Crippen LogP contribution in [0.1, 0.15) is 5.56 Å². The minimum Gasteiger partial charge on any atom is -0.325 e. The van der Waals surface area contributed by atoms with Gasteiger partial charge >= 0.3 is 0 Å². The molecule has 0 spiro atoms. The molecule has 0 aliphatic carbocycles. The van der Waals surface area contributed by atoms with E-state index < -0.39 is 0 Å². The molecule has 3 aromatic rings. The van der Waals surface area contributed by atoms with E-state index in [1.54, 1.807) is 0 Å². The molecule has 3 rings (SSSR count). The summed E-state index contributed by atoms with van der Waals surface area (Å²) in [5, 5.41) is 9.65. The van der Waals surface area contributed by atoms with Crippen LogP contribution in [0.4, 0.5) is 5.69 Å². The van der Waals surface area contributed by atoms with Crippen molar-refractivity contribution in [3.63, 3.8) is 0 Å². The third-order valence-corrected chi connectivity index (χ3v) is 4.04. The molecule has 1 atom stereocenters. The van der Waals surface area contributed by atoms with Gasteiger partial charge in [0.15, 0.2) is 5.82 Å². The fraction of sp³-hybridized carbons (Fsp3) is 0.211. The zero-order chi connectivity index (χ0) is 17.6. The van der Waals surface area contributed by atoms with E-state index in [9.17, 15) is 4.79 Å². The first-order chi connectivity index (χ1) is 12.1. The van der Waals surface area contributed by atoms with E-state index in [-0.39, 0.29) is 11.9 Å². The molecule has 2 N–H and O–H groups in total. The van der Waals surface area contributed by atoms with E-state index in [1.165, 1.54) is 6.33 Å². The fourth-order valence-electron chi connectivity index (χ4n) is 2.63. The average molecular weight is 335 g/mol. The highest BCUT2D eigenvalue weighted by atomic mass is 16.2. The highest BCUT2D eigenvalue weighted by molar-refractivity contribution is 5.95. The molecule has 6 nitrogen and oxygen atoms in total. The molecule has 0 fully saturated rings. The van der Waals surface area contributed by atoms with Crippen LogP contribution in [0.25, 0.3) is 11.4 Å². The highest BCUT2D eigenvalue weighted by Gasteiger charge is 2.21. The van der Waals surface area contributed by atoms with Gasteiger partial charge in [-0.15, -0.1) is 0 Å². The monoisotopic (exact) mass is 335 g/mol. The number of hydrogen-bond donors (Lipinski definition) is 2. The lowest BCUT2D eigenvalue weighted by atomic mass is 10.0. The van der Waals surface area contributed by atoms with Gasteiger partial charge in [-0.1, -0.05) is 30.3 Å². The summed E-state index contributed by atoms with van der Waals surface area (Å²) in [7, 11) is 3.83. The van der Waals surface area contributed by atoms with Crippen molar-refractivity contribution in [3.05, 3.63) is 66.5 Å². The second-order valence-electron chi connectivity index (χ2n) is 6.07. The van der Waals surface area contributed by atoms with Crippen molar-refractivity contribution in [1.82, 2.24) is 20.1 Å². The van der Waals surface area contributed by atoms with Crippen LogP contribution in [0.2, 0.25) is 0 Å². The summed E-state index contributed by atoms with van der Waals surface area (Å²) in [6.07, 6.45) is 2.13. The van der Waals surface area contributed by atoms with Crippen LogP contribution in [-0.4, -0.2) is 46.1 Å². The lowest BCUT2D eigenvalue weighted by Gasteiger charge is -2.23. The summed E-state index contributed by atoms with van der Waals surface area (Å²) >= 11 is 0. The molecule has 1 heterocycles. The first kappa shape index (κ1) is 16.9. The topological polar surface area (TPSA) is 73.9 Å². The molecule has 2 aromatic carbocycles. The van der Waals surface area contributed by atoms with Gasteiger partial charge in [0.2, 0.25) is 5.91 Å². The molecule has 1 aromatic heterocycles. The van der Waals surface area contributed by atoms with Gasteiger partial charge in [-0.2, -0.15) is 5.10 Å². The zero-order valence-electron chi connectivity index (χ0n) is 14.3. The highest BCUT2D eigenvalue weighted by Crippen LogP contribution is 2.18. The number of amides is 1. The zero-order valence-corrected chi connectivity index (χ0v) is 14.3. The van der Waals surface area contributed by atoms with Crippen LogP contribution in [0, 0.1) is 0 Å². The number of carbonyl (C=O) groups is 1. The lowest BCUT2D eigenvalue weighted by Crippen LogP contribution is -2.41. The molecule has 1 amide bonds. The Balaban J connectivity index is 1.68. The molecule has 0 saturated carbocycles. The van der Waals surface area contributed by atoms with Crippen molar-refractivity contribution in [3.8, 4) is 11.4 Å². The molecule has 0 aliphatic rings. The smallest absolute Gasteiger partial charge is 0.242 e. The maximum Gasteiger partial charge on any atom is 0.242 e. The largest absolute Gasteiger partial charge is 0.325 e. The maximum absolute atomic E-state index is 12.7. The van der Waals surface area contributed by atoms with Crippen molar-refractivity contribution >= 4 is 11.6 Å². The Kier molecular flexibility index (Phi) is 5.20. The molecule has 0 radical (unpaired) electrons. The van der Waals surface area contributed by atoms with E-state index >= 15 is 0 Å². The summed E-state index contributed by atoms with van der Waals surface area (Å²) in [5.74, 6) is 0.675.